The van der Waals surface area contributed by atoms with Gasteiger partial charge in [0.05, 0.1) is 5.52 Å². The number of anilines is 3. The van der Waals surface area contributed by atoms with Gasteiger partial charge in [0.15, 0.2) is 0 Å². The highest BCUT2D eigenvalue weighted by Gasteiger charge is 2.12. The summed E-state index contributed by atoms with van der Waals surface area (Å²) in [5.41, 5.74) is 3.86. The van der Waals surface area contributed by atoms with Crippen molar-refractivity contribution in [1.29, 1.82) is 0 Å². The first-order chi connectivity index (χ1) is 15.7. The zero-order valence-electron chi connectivity index (χ0n) is 18.7. The second kappa shape index (κ2) is 10.8. The molecule has 32 heavy (non-hydrogen) atoms. The van der Waals surface area contributed by atoms with E-state index in [0.717, 1.165) is 22.5 Å². The van der Waals surface area contributed by atoms with E-state index in [2.05, 4.69) is 56.7 Å². The summed E-state index contributed by atoms with van der Waals surface area (Å²) < 4.78 is 0. The molecular weight excluding hydrogens is 396 g/mol. The summed E-state index contributed by atoms with van der Waals surface area (Å²) in [5, 5.41) is 7.04. The molecule has 1 aliphatic rings. The summed E-state index contributed by atoms with van der Waals surface area (Å²) in [5.74, 6) is 6.28. The maximum Gasteiger partial charge on any atom is 0.300 e. The Kier molecular flexibility index (Phi) is 7.34. The van der Waals surface area contributed by atoms with Crippen molar-refractivity contribution in [1.82, 2.24) is 9.97 Å². The first kappa shape index (κ1) is 21.8. The zero-order chi connectivity index (χ0) is 22.2. The lowest BCUT2D eigenvalue weighted by Gasteiger charge is -2.19. The Morgan fingerprint density at radius 2 is 1.69 bits per heavy atom. The van der Waals surface area contributed by atoms with Crippen LogP contribution in [0.3, 0.4) is 0 Å². The molecular formula is C27H30N4O. The standard InChI is InChI=1S/C27H30N4O/c1-2-8-26(32)30-23-15-16-25-24(18-23)27(29-19-28-25)31-22-13-11-21(12-14-22)17-20-9-6-4-3-5-7-10-20/h11-16,18-20H,3-7,9-10,17H2,1H3,(H,30,32)(H,28,29,31). The number of amides is 1. The zero-order valence-corrected chi connectivity index (χ0v) is 18.7. The minimum atomic E-state index is -0.335. The normalized spacial score (nSPS) is 14.7. The van der Waals surface area contributed by atoms with Gasteiger partial charge >= 0.3 is 0 Å². The maximum absolute atomic E-state index is 11.8. The van der Waals surface area contributed by atoms with Gasteiger partial charge in [-0.25, -0.2) is 9.97 Å². The van der Waals surface area contributed by atoms with E-state index in [1.54, 1.807) is 13.3 Å². The van der Waals surface area contributed by atoms with Crippen LogP contribution < -0.4 is 10.6 Å². The Labute approximate surface area is 190 Å². The number of nitrogens with one attached hydrogen (secondary N) is 2. The highest BCUT2D eigenvalue weighted by atomic mass is 16.1. The predicted molar refractivity (Wildman–Crippen MR) is 131 cm³/mol. The van der Waals surface area contributed by atoms with Crippen molar-refractivity contribution in [2.45, 2.75) is 58.3 Å². The molecule has 3 aromatic rings. The van der Waals surface area contributed by atoms with Gasteiger partial charge in [-0.1, -0.05) is 63.0 Å². The van der Waals surface area contributed by atoms with Crippen LogP contribution in [0.5, 0.6) is 0 Å². The van der Waals surface area contributed by atoms with Gasteiger partial charge < -0.3 is 10.6 Å². The van der Waals surface area contributed by atoms with Gasteiger partial charge in [0.25, 0.3) is 5.91 Å². The van der Waals surface area contributed by atoms with Crippen LogP contribution in [0.25, 0.3) is 10.9 Å². The molecule has 4 rings (SSSR count). The first-order valence-corrected chi connectivity index (χ1v) is 11.6. The lowest BCUT2D eigenvalue weighted by Crippen LogP contribution is -2.08. The van der Waals surface area contributed by atoms with Gasteiger partial charge in [-0.05, 0) is 61.1 Å². The van der Waals surface area contributed by atoms with Crippen LogP contribution in [0.15, 0.2) is 48.8 Å². The van der Waals surface area contributed by atoms with E-state index in [-0.39, 0.29) is 5.91 Å². The van der Waals surface area contributed by atoms with Crippen LogP contribution in [0.4, 0.5) is 17.2 Å². The molecule has 1 heterocycles. The molecule has 2 aromatic carbocycles. The largest absolute Gasteiger partial charge is 0.340 e. The van der Waals surface area contributed by atoms with Crippen molar-refractivity contribution in [2.24, 2.45) is 5.92 Å². The Hall–Kier alpha value is -3.39. The van der Waals surface area contributed by atoms with Crippen LogP contribution in [0.1, 0.15) is 57.4 Å². The molecule has 2 N–H and O–H groups in total. The van der Waals surface area contributed by atoms with Crippen molar-refractivity contribution < 1.29 is 4.79 Å². The molecule has 1 fully saturated rings. The Morgan fingerprint density at radius 1 is 0.969 bits per heavy atom. The Bertz CT molecular complexity index is 1120. The van der Waals surface area contributed by atoms with E-state index < -0.39 is 0 Å². The van der Waals surface area contributed by atoms with Crippen LogP contribution in [0, 0.1) is 17.8 Å². The van der Waals surface area contributed by atoms with E-state index >= 15 is 0 Å². The van der Waals surface area contributed by atoms with Gasteiger partial charge in [-0.2, -0.15) is 0 Å². The van der Waals surface area contributed by atoms with E-state index in [0.29, 0.717) is 11.5 Å². The number of carbonyl (C=O) groups excluding carboxylic acids is 1. The van der Waals surface area contributed by atoms with E-state index in [9.17, 15) is 4.79 Å². The molecule has 5 nitrogen and oxygen atoms in total. The van der Waals surface area contributed by atoms with Crippen LogP contribution in [0.2, 0.25) is 0 Å². The van der Waals surface area contributed by atoms with E-state index in [1.807, 2.05) is 18.2 Å². The second-order valence-electron chi connectivity index (χ2n) is 8.52. The van der Waals surface area contributed by atoms with Crippen molar-refractivity contribution in [3.05, 3.63) is 54.4 Å². The fourth-order valence-corrected chi connectivity index (χ4v) is 4.45. The minimum Gasteiger partial charge on any atom is -0.340 e. The molecule has 0 atom stereocenters. The highest BCUT2D eigenvalue weighted by Crippen LogP contribution is 2.28. The highest BCUT2D eigenvalue weighted by molar-refractivity contribution is 6.05. The van der Waals surface area contributed by atoms with Crippen molar-refractivity contribution in [2.75, 3.05) is 10.6 Å². The molecule has 0 saturated heterocycles. The molecule has 5 heteroatoms. The fourth-order valence-electron chi connectivity index (χ4n) is 4.45. The summed E-state index contributed by atoms with van der Waals surface area (Å²) in [6.07, 6.45) is 12.4. The van der Waals surface area contributed by atoms with E-state index in [4.69, 9.17) is 0 Å². The first-order valence-electron chi connectivity index (χ1n) is 11.6. The number of hydrogen-bond acceptors (Lipinski definition) is 4. The molecule has 1 aromatic heterocycles. The molecule has 164 valence electrons. The minimum absolute atomic E-state index is 0.335. The number of fused-ring (bicyclic) bond motifs is 1. The second-order valence-corrected chi connectivity index (χ2v) is 8.52. The number of carbonyl (C=O) groups is 1. The maximum atomic E-state index is 11.8. The third-order valence-electron chi connectivity index (χ3n) is 6.10. The SMILES string of the molecule is CC#CC(=O)Nc1ccc2ncnc(Nc3ccc(CC4CCCCCCC4)cc3)c2c1. The molecule has 0 bridgehead atoms. The van der Waals surface area contributed by atoms with Gasteiger partial charge in [0.2, 0.25) is 0 Å². The van der Waals surface area contributed by atoms with Gasteiger partial charge in [0, 0.05) is 16.8 Å². The molecule has 0 aliphatic heterocycles. The number of hydrogen-bond donors (Lipinski definition) is 2. The van der Waals surface area contributed by atoms with E-state index in [1.165, 1.54) is 56.9 Å². The monoisotopic (exact) mass is 426 g/mol. The summed E-state index contributed by atoms with van der Waals surface area (Å²) in [4.78, 5) is 20.6. The van der Waals surface area contributed by atoms with Gasteiger partial charge in [-0.3, -0.25) is 4.79 Å². The summed E-state index contributed by atoms with van der Waals surface area (Å²) in [6, 6.07) is 14.2. The molecule has 0 unspecified atom stereocenters. The summed E-state index contributed by atoms with van der Waals surface area (Å²) in [7, 11) is 0. The smallest absolute Gasteiger partial charge is 0.300 e. The number of rotatable bonds is 5. The van der Waals surface area contributed by atoms with Crippen LogP contribution >= 0.6 is 0 Å². The number of benzene rings is 2. The summed E-state index contributed by atoms with van der Waals surface area (Å²) in [6.45, 7) is 1.64. The van der Waals surface area contributed by atoms with Gasteiger partial charge in [-0.15, -0.1) is 0 Å². The number of nitrogens with zero attached hydrogens (tertiary/aromatic N) is 2. The molecule has 0 radical (unpaired) electrons. The van der Waals surface area contributed by atoms with Crippen LogP contribution in [-0.2, 0) is 11.2 Å². The third-order valence-corrected chi connectivity index (χ3v) is 6.10. The van der Waals surface area contributed by atoms with Crippen molar-refractivity contribution in [3.63, 3.8) is 0 Å². The quantitative estimate of drug-likeness (QED) is 0.474. The average molecular weight is 427 g/mol. The number of aromatic nitrogens is 2. The average Bonchev–Trinajstić information content (AvgIpc) is 2.77. The Balaban J connectivity index is 1.47. The fraction of sp³-hybridized carbons (Fsp3) is 0.370. The van der Waals surface area contributed by atoms with Gasteiger partial charge in [0.1, 0.15) is 12.1 Å². The van der Waals surface area contributed by atoms with Crippen LogP contribution in [-0.4, -0.2) is 15.9 Å². The lowest BCUT2D eigenvalue weighted by molar-refractivity contribution is -0.111. The lowest BCUT2D eigenvalue weighted by atomic mass is 9.87. The van der Waals surface area contributed by atoms with Crippen molar-refractivity contribution >= 4 is 34.0 Å². The topological polar surface area (TPSA) is 66.9 Å². The van der Waals surface area contributed by atoms with Crippen molar-refractivity contribution in [3.8, 4) is 11.8 Å². The predicted octanol–water partition coefficient (Wildman–Crippen LogP) is 6.24. The Morgan fingerprint density at radius 3 is 2.44 bits per heavy atom. The molecule has 1 aliphatic carbocycles. The molecule has 1 amide bonds. The molecule has 0 spiro atoms. The summed E-state index contributed by atoms with van der Waals surface area (Å²) >= 11 is 0. The third kappa shape index (κ3) is 5.85. The molecule has 1 saturated carbocycles.